The van der Waals surface area contributed by atoms with Gasteiger partial charge in [0.15, 0.2) is 11.5 Å². The van der Waals surface area contributed by atoms with Gasteiger partial charge in [0.1, 0.15) is 0 Å². The number of nitrogens with zero attached hydrogens (tertiary/aromatic N) is 5. The lowest BCUT2D eigenvalue weighted by atomic mass is 10.1. The highest BCUT2D eigenvalue weighted by atomic mass is 19.4. The Morgan fingerprint density at radius 1 is 1.10 bits per heavy atom. The Morgan fingerprint density at radius 3 is 2.68 bits per heavy atom. The van der Waals surface area contributed by atoms with Gasteiger partial charge in [-0.25, -0.2) is 4.68 Å². The molecule has 0 saturated heterocycles. The fraction of sp³-hybridized carbons (Fsp3) is 0.238. The van der Waals surface area contributed by atoms with Crippen LogP contribution < -0.4 is 5.32 Å². The molecule has 7 nitrogen and oxygen atoms in total. The largest absolute Gasteiger partial charge is 0.416 e. The van der Waals surface area contributed by atoms with E-state index in [-0.39, 0.29) is 24.6 Å². The molecule has 3 aromatic heterocycles. The molecule has 0 bridgehead atoms. The summed E-state index contributed by atoms with van der Waals surface area (Å²) in [5.41, 5.74) is 2.08. The summed E-state index contributed by atoms with van der Waals surface area (Å²) in [4.78, 5) is 12.5. The highest BCUT2D eigenvalue weighted by Gasteiger charge is 2.30. The molecule has 3 heterocycles. The number of fused-ring (bicyclic) bond motifs is 1. The summed E-state index contributed by atoms with van der Waals surface area (Å²) >= 11 is 0. The number of hydrogen-bond acceptors (Lipinski definition) is 4. The number of hydrogen-bond donors (Lipinski definition) is 1. The van der Waals surface area contributed by atoms with Gasteiger partial charge in [-0.2, -0.15) is 18.3 Å². The topological polar surface area (TPSA) is 77.1 Å². The zero-order valence-electron chi connectivity index (χ0n) is 16.8. The van der Waals surface area contributed by atoms with Gasteiger partial charge in [-0.05, 0) is 44.2 Å². The van der Waals surface area contributed by atoms with Crippen molar-refractivity contribution in [3.05, 3.63) is 77.0 Å². The third-order valence-corrected chi connectivity index (χ3v) is 5.02. The number of nitrogens with one attached hydrogen (secondary N) is 1. The van der Waals surface area contributed by atoms with E-state index >= 15 is 0 Å². The molecular formula is C21H19F3N6O. The molecule has 10 heteroatoms. The lowest BCUT2D eigenvalue weighted by Crippen LogP contribution is -2.26. The maximum atomic E-state index is 13.0. The van der Waals surface area contributed by atoms with E-state index in [0.717, 1.165) is 12.1 Å². The third kappa shape index (κ3) is 4.14. The molecule has 31 heavy (non-hydrogen) atoms. The van der Waals surface area contributed by atoms with E-state index in [1.807, 2.05) is 24.4 Å². The second kappa shape index (κ2) is 7.86. The molecule has 4 aromatic rings. The Bertz CT molecular complexity index is 1260. The van der Waals surface area contributed by atoms with Crippen LogP contribution in [0.1, 0.15) is 28.3 Å². The average Bonchev–Trinajstić information content (AvgIpc) is 3.28. The van der Waals surface area contributed by atoms with Crippen LogP contribution in [0.2, 0.25) is 0 Å². The summed E-state index contributed by atoms with van der Waals surface area (Å²) in [7, 11) is 0. The second-order valence-corrected chi connectivity index (χ2v) is 7.11. The number of halogens is 3. The summed E-state index contributed by atoms with van der Waals surface area (Å²) in [5.74, 6) is 0.347. The van der Waals surface area contributed by atoms with Crippen LogP contribution in [0.15, 0.2) is 48.7 Å². The van der Waals surface area contributed by atoms with E-state index < -0.39 is 11.7 Å². The molecule has 0 saturated carbocycles. The van der Waals surface area contributed by atoms with Gasteiger partial charge in [-0.3, -0.25) is 9.20 Å². The van der Waals surface area contributed by atoms with Crippen molar-refractivity contribution in [1.82, 2.24) is 29.7 Å². The van der Waals surface area contributed by atoms with Crippen molar-refractivity contribution >= 4 is 11.6 Å². The van der Waals surface area contributed by atoms with Gasteiger partial charge in [0.25, 0.3) is 0 Å². The molecule has 1 N–H and O–H groups in total. The zero-order valence-corrected chi connectivity index (χ0v) is 16.8. The minimum absolute atomic E-state index is 0.0490. The summed E-state index contributed by atoms with van der Waals surface area (Å²) < 4.78 is 42.3. The van der Waals surface area contributed by atoms with Crippen molar-refractivity contribution in [2.75, 3.05) is 0 Å². The van der Waals surface area contributed by atoms with E-state index in [1.54, 1.807) is 24.3 Å². The van der Waals surface area contributed by atoms with Gasteiger partial charge in [0, 0.05) is 17.5 Å². The molecule has 0 atom stereocenters. The van der Waals surface area contributed by atoms with Crippen LogP contribution in [0, 0.1) is 13.8 Å². The van der Waals surface area contributed by atoms with Crippen LogP contribution in [0.5, 0.6) is 0 Å². The number of carbonyl (C=O) groups is 1. The normalized spacial score (nSPS) is 11.8. The van der Waals surface area contributed by atoms with Gasteiger partial charge >= 0.3 is 6.18 Å². The molecule has 160 valence electrons. The predicted molar refractivity (Wildman–Crippen MR) is 107 cm³/mol. The van der Waals surface area contributed by atoms with Crippen molar-refractivity contribution in [1.29, 1.82) is 0 Å². The van der Waals surface area contributed by atoms with Crippen LogP contribution in [0.4, 0.5) is 13.2 Å². The highest BCUT2D eigenvalue weighted by Crippen LogP contribution is 2.30. The highest BCUT2D eigenvalue weighted by molar-refractivity contribution is 5.79. The Hall–Kier alpha value is -3.69. The predicted octanol–water partition coefficient (Wildman–Crippen LogP) is 3.41. The number of aromatic nitrogens is 5. The molecule has 0 radical (unpaired) electrons. The molecule has 1 amide bonds. The number of benzene rings is 1. The molecule has 1 aromatic carbocycles. The van der Waals surface area contributed by atoms with E-state index in [4.69, 9.17) is 0 Å². The summed E-state index contributed by atoms with van der Waals surface area (Å²) in [6.07, 6.45) is -2.59. The number of pyridine rings is 1. The maximum Gasteiger partial charge on any atom is 0.416 e. The van der Waals surface area contributed by atoms with Crippen LogP contribution >= 0.6 is 0 Å². The lowest BCUT2D eigenvalue weighted by Gasteiger charge is -2.10. The molecular weight excluding hydrogens is 409 g/mol. The standard InChI is InChI=1S/C21H19F3N6O/c1-13-17(11-20(31)25-12-19-27-26-18-8-3-4-9-29(18)19)14(2)30(28-13)16-7-5-6-15(10-16)21(22,23)24/h3-10H,11-12H2,1-2H3,(H,25,31). The van der Waals surface area contributed by atoms with E-state index in [1.165, 1.54) is 10.7 Å². The van der Waals surface area contributed by atoms with Gasteiger partial charge in [0.2, 0.25) is 5.91 Å². The van der Waals surface area contributed by atoms with E-state index in [2.05, 4.69) is 20.6 Å². The molecule has 4 rings (SSSR count). The van der Waals surface area contributed by atoms with Crippen LogP contribution in [-0.2, 0) is 23.9 Å². The Kier molecular flexibility index (Phi) is 5.22. The smallest absolute Gasteiger partial charge is 0.348 e. The summed E-state index contributed by atoms with van der Waals surface area (Å²) in [5, 5.41) is 15.3. The SMILES string of the molecule is Cc1nn(-c2cccc(C(F)(F)F)c2)c(C)c1CC(=O)NCc1nnc2ccccn12. The van der Waals surface area contributed by atoms with Crippen molar-refractivity contribution in [3.63, 3.8) is 0 Å². The van der Waals surface area contributed by atoms with Crippen LogP contribution in [-0.4, -0.2) is 30.3 Å². The molecule has 0 aliphatic heterocycles. The van der Waals surface area contributed by atoms with Gasteiger partial charge in [-0.15, -0.1) is 10.2 Å². The summed E-state index contributed by atoms with van der Waals surface area (Å²) in [6.45, 7) is 3.66. The maximum absolute atomic E-state index is 13.0. The van der Waals surface area contributed by atoms with E-state index in [0.29, 0.717) is 28.4 Å². The monoisotopic (exact) mass is 428 g/mol. The molecule has 0 aliphatic rings. The van der Waals surface area contributed by atoms with Gasteiger partial charge < -0.3 is 5.32 Å². The number of amides is 1. The molecule has 0 spiro atoms. The van der Waals surface area contributed by atoms with Crippen molar-refractivity contribution in [2.45, 2.75) is 33.0 Å². The summed E-state index contributed by atoms with van der Waals surface area (Å²) in [6, 6.07) is 10.4. The van der Waals surface area contributed by atoms with Crippen LogP contribution in [0.25, 0.3) is 11.3 Å². The van der Waals surface area contributed by atoms with Crippen LogP contribution in [0.3, 0.4) is 0 Å². The fourth-order valence-corrected chi connectivity index (χ4v) is 3.41. The van der Waals surface area contributed by atoms with Gasteiger partial charge in [0.05, 0.1) is 29.9 Å². The second-order valence-electron chi connectivity index (χ2n) is 7.11. The number of aryl methyl sites for hydroxylation is 1. The lowest BCUT2D eigenvalue weighted by molar-refractivity contribution is -0.137. The van der Waals surface area contributed by atoms with E-state index in [9.17, 15) is 18.0 Å². The number of carbonyl (C=O) groups excluding carboxylic acids is 1. The zero-order chi connectivity index (χ0) is 22.2. The first-order valence-electron chi connectivity index (χ1n) is 9.52. The Morgan fingerprint density at radius 2 is 1.90 bits per heavy atom. The van der Waals surface area contributed by atoms with Gasteiger partial charge in [-0.1, -0.05) is 12.1 Å². The Labute approximate surface area is 175 Å². The average molecular weight is 428 g/mol. The number of alkyl halides is 3. The quantitative estimate of drug-likeness (QED) is 0.529. The fourth-order valence-electron chi connectivity index (χ4n) is 3.41. The number of rotatable bonds is 5. The third-order valence-electron chi connectivity index (χ3n) is 5.02. The first-order chi connectivity index (χ1) is 14.7. The molecule has 0 unspecified atom stereocenters. The molecule has 0 aliphatic carbocycles. The molecule has 0 fully saturated rings. The minimum Gasteiger partial charge on any atom is -0.348 e. The minimum atomic E-state index is -4.44. The van der Waals surface area contributed by atoms with Crippen molar-refractivity contribution in [3.8, 4) is 5.69 Å². The van der Waals surface area contributed by atoms with Crippen molar-refractivity contribution < 1.29 is 18.0 Å². The Balaban J connectivity index is 1.51. The van der Waals surface area contributed by atoms with Crippen molar-refractivity contribution in [2.24, 2.45) is 0 Å². The first-order valence-corrected chi connectivity index (χ1v) is 9.52. The first kappa shape index (κ1) is 20.6.